The highest BCUT2D eigenvalue weighted by atomic mass is 32.1. The molecular weight excluding hydrogens is 362 g/mol. The van der Waals surface area contributed by atoms with E-state index < -0.39 is 5.91 Å². The number of nitrogens with zero attached hydrogens (tertiary/aromatic N) is 1. The maximum Gasteiger partial charge on any atom is 0.261 e. The lowest BCUT2D eigenvalue weighted by Crippen LogP contribution is -2.21. The Bertz CT molecular complexity index is 980. The average Bonchev–Trinajstić information content (AvgIpc) is 3.01. The van der Waals surface area contributed by atoms with Gasteiger partial charge in [-0.2, -0.15) is 0 Å². The van der Waals surface area contributed by atoms with Crippen LogP contribution in [0.25, 0.3) is 11.3 Å². The summed E-state index contributed by atoms with van der Waals surface area (Å²) in [6, 6.07) is 14.7. The fourth-order valence-electron chi connectivity index (χ4n) is 2.52. The van der Waals surface area contributed by atoms with E-state index in [-0.39, 0.29) is 12.5 Å². The van der Waals surface area contributed by atoms with Crippen molar-refractivity contribution in [2.24, 2.45) is 5.73 Å². The van der Waals surface area contributed by atoms with Crippen molar-refractivity contribution in [3.8, 4) is 17.0 Å². The van der Waals surface area contributed by atoms with E-state index in [4.69, 9.17) is 10.5 Å². The van der Waals surface area contributed by atoms with E-state index in [1.807, 2.05) is 38.1 Å². The van der Waals surface area contributed by atoms with Crippen molar-refractivity contribution in [2.45, 2.75) is 13.8 Å². The molecule has 0 unspecified atom stereocenters. The first kappa shape index (κ1) is 18.6. The number of aryl methyl sites for hydroxylation is 2. The zero-order chi connectivity index (χ0) is 19.4. The molecule has 1 heterocycles. The Labute approximate surface area is 161 Å². The van der Waals surface area contributed by atoms with Crippen molar-refractivity contribution in [2.75, 3.05) is 11.9 Å². The van der Waals surface area contributed by atoms with Gasteiger partial charge in [0.1, 0.15) is 5.75 Å². The van der Waals surface area contributed by atoms with E-state index in [9.17, 15) is 9.59 Å². The number of nitrogens with two attached hydrogens (primary N) is 1. The molecule has 0 aliphatic heterocycles. The molecule has 0 aliphatic rings. The van der Waals surface area contributed by atoms with Gasteiger partial charge in [0.15, 0.2) is 11.7 Å². The molecule has 0 saturated heterocycles. The third-order valence-electron chi connectivity index (χ3n) is 3.84. The number of rotatable bonds is 6. The summed E-state index contributed by atoms with van der Waals surface area (Å²) in [5.74, 6) is -0.677. The lowest BCUT2D eigenvalue weighted by Gasteiger charge is -2.09. The third kappa shape index (κ3) is 4.51. The van der Waals surface area contributed by atoms with Crippen LogP contribution in [0.4, 0.5) is 5.13 Å². The summed E-state index contributed by atoms with van der Waals surface area (Å²) in [6.45, 7) is 3.70. The van der Waals surface area contributed by atoms with E-state index in [0.717, 1.165) is 16.1 Å². The van der Waals surface area contributed by atoms with Gasteiger partial charge in [0, 0.05) is 10.4 Å². The predicted molar refractivity (Wildman–Crippen MR) is 106 cm³/mol. The van der Waals surface area contributed by atoms with Crippen molar-refractivity contribution < 1.29 is 14.3 Å². The molecule has 0 fully saturated rings. The maximum absolute atomic E-state index is 12.6. The number of aromatic nitrogens is 1. The largest absolute Gasteiger partial charge is 0.483 e. The Kier molecular flexibility index (Phi) is 5.52. The van der Waals surface area contributed by atoms with Gasteiger partial charge in [-0.05, 0) is 26.0 Å². The molecule has 3 rings (SSSR count). The van der Waals surface area contributed by atoms with Gasteiger partial charge in [-0.15, -0.1) is 11.3 Å². The van der Waals surface area contributed by atoms with Crippen LogP contribution in [0.2, 0.25) is 0 Å². The fraction of sp³-hybridized carbons (Fsp3) is 0.150. The second kappa shape index (κ2) is 8.01. The van der Waals surface area contributed by atoms with E-state index in [1.54, 1.807) is 24.3 Å². The molecule has 2 amide bonds. The molecule has 3 aromatic rings. The number of carbonyl (C=O) groups is 2. The van der Waals surface area contributed by atoms with Crippen LogP contribution in [0.15, 0.2) is 48.5 Å². The van der Waals surface area contributed by atoms with Crippen molar-refractivity contribution >= 4 is 28.3 Å². The number of para-hydroxylation sites is 1. The Morgan fingerprint density at radius 3 is 2.52 bits per heavy atom. The second-order valence-electron chi connectivity index (χ2n) is 6.00. The highest BCUT2D eigenvalue weighted by Crippen LogP contribution is 2.31. The van der Waals surface area contributed by atoms with E-state index >= 15 is 0 Å². The van der Waals surface area contributed by atoms with Gasteiger partial charge in [-0.25, -0.2) is 4.98 Å². The van der Waals surface area contributed by atoms with Crippen molar-refractivity contribution in [3.63, 3.8) is 0 Å². The molecule has 0 radical (unpaired) electrons. The van der Waals surface area contributed by atoms with Crippen LogP contribution in [-0.4, -0.2) is 23.4 Å². The van der Waals surface area contributed by atoms with Crippen LogP contribution in [0.5, 0.6) is 5.75 Å². The number of primary amides is 1. The van der Waals surface area contributed by atoms with Crippen LogP contribution < -0.4 is 15.8 Å². The van der Waals surface area contributed by atoms with Crippen LogP contribution in [0.1, 0.15) is 20.8 Å². The standard InChI is InChI=1S/C20H19N3O3S/c1-12-7-9-14(10-8-12)18-13(2)27-20(22-18)23-19(25)15-5-3-4-6-16(15)26-11-17(21)24/h3-10H,11H2,1-2H3,(H2,21,24)(H,22,23,25). The molecule has 2 aromatic carbocycles. The van der Waals surface area contributed by atoms with Gasteiger partial charge in [-0.1, -0.05) is 42.0 Å². The Morgan fingerprint density at radius 1 is 1.11 bits per heavy atom. The molecule has 1 aromatic heterocycles. The minimum atomic E-state index is -0.608. The monoisotopic (exact) mass is 381 g/mol. The SMILES string of the molecule is Cc1ccc(-c2nc(NC(=O)c3ccccc3OCC(N)=O)sc2C)cc1. The summed E-state index contributed by atoms with van der Waals surface area (Å²) < 4.78 is 5.31. The highest BCUT2D eigenvalue weighted by molar-refractivity contribution is 7.16. The van der Waals surface area contributed by atoms with Crippen molar-refractivity contribution in [1.82, 2.24) is 4.98 Å². The van der Waals surface area contributed by atoms with Gasteiger partial charge in [0.2, 0.25) is 0 Å². The first-order chi connectivity index (χ1) is 12.9. The average molecular weight is 381 g/mol. The Hall–Kier alpha value is -3.19. The van der Waals surface area contributed by atoms with Gasteiger partial charge >= 0.3 is 0 Å². The van der Waals surface area contributed by atoms with Crippen LogP contribution in [-0.2, 0) is 4.79 Å². The minimum absolute atomic E-state index is 0.292. The van der Waals surface area contributed by atoms with E-state index in [2.05, 4.69) is 10.3 Å². The summed E-state index contributed by atoms with van der Waals surface area (Å²) in [5.41, 5.74) is 8.43. The van der Waals surface area contributed by atoms with Gasteiger partial charge in [0.05, 0.1) is 11.3 Å². The molecule has 6 nitrogen and oxygen atoms in total. The molecule has 138 valence electrons. The molecule has 0 atom stereocenters. The van der Waals surface area contributed by atoms with Crippen LogP contribution in [0.3, 0.4) is 0 Å². The van der Waals surface area contributed by atoms with Crippen molar-refractivity contribution in [1.29, 1.82) is 0 Å². The number of hydrogen-bond donors (Lipinski definition) is 2. The first-order valence-corrected chi connectivity index (χ1v) is 9.11. The zero-order valence-electron chi connectivity index (χ0n) is 15.0. The molecule has 0 spiro atoms. The third-order valence-corrected chi connectivity index (χ3v) is 4.73. The molecular formula is C20H19N3O3S. The first-order valence-electron chi connectivity index (χ1n) is 8.30. The summed E-state index contributed by atoms with van der Waals surface area (Å²) in [7, 11) is 0. The lowest BCUT2D eigenvalue weighted by atomic mass is 10.1. The number of thiazole rings is 1. The number of carbonyl (C=O) groups excluding carboxylic acids is 2. The molecule has 7 heteroatoms. The number of anilines is 1. The van der Waals surface area contributed by atoms with Crippen LogP contribution >= 0.6 is 11.3 Å². The second-order valence-corrected chi connectivity index (χ2v) is 7.20. The number of ether oxygens (including phenoxy) is 1. The number of nitrogens with one attached hydrogen (secondary N) is 1. The fourth-order valence-corrected chi connectivity index (χ4v) is 3.35. The minimum Gasteiger partial charge on any atom is -0.483 e. The molecule has 0 aliphatic carbocycles. The topological polar surface area (TPSA) is 94.3 Å². The highest BCUT2D eigenvalue weighted by Gasteiger charge is 2.16. The Balaban J connectivity index is 1.80. The molecule has 3 N–H and O–H groups in total. The predicted octanol–water partition coefficient (Wildman–Crippen LogP) is 3.54. The summed E-state index contributed by atoms with van der Waals surface area (Å²) in [6.07, 6.45) is 0. The normalized spacial score (nSPS) is 10.4. The molecule has 0 saturated carbocycles. The maximum atomic E-state index is 12.6. The molecule has 27 heavy (non-hydrogen) atoms. The zero-order valence-corrected chi connectivity index (χ0v) is 15.8. The summed E-state index contributed by atoms with van der Waals surface area (Å²) in [4.78, 5) is 29.1. The van der Waals surface area contributed by atoms with Gasteiger partial charge in [-0.3, -0.25) is 14.9 Å². The smallest absolute Gasteiger partial charge is 0.261 e. The van der Waals surface area contributed by atoms with Crippen LogP contribution in [0, 0.1) is 13.8 Å². The Morgan fingerprint density at radius 2 is 1.81 bits per heavy atom. The number of benzene rings is 2. The lowest BCUT2D eigenvalue weighted by molar-refractivity contribution is -0.119. The summed E-state index contributed by atoms with van der Waals surface area (Å²) >= 11 is 1.40. The van der Waals surface area contributed by atoms with Crippen molar-refractivity contribution in [3.05, 3.63) is 64.5 Å². The number of amides is 2. The number of hydrogen-bond acceptors (Lipinski definition) is 5. The van der Waals surface area contributed by atoms with E-state index in [1.165, 1.54) is 16.9 Å². The van der Waals surface area contributed by atoms with Gasteiger partial charge < -0.3 is 10.5 Å². The quantitative estimate of drug-likeness (QED) is 0.683. The van der Waals surface area contributed by atoms with Gasteiger partial charge in [0.25, 0.3) is 11.8 Å². The molecule has 0 bridgehead atoms. The summed E-state index contributed by atoms with van der Waals surface area (Å²) in [5, 5.41) is 3.30. The van der Waals surface area contributed by atoms with E-state index in [0.29, 0.717) is 16.4 Å².